The van der Waals surface area contributed by atoms with Gasteiger partial charge >= 0.3 is 6.03 Å². The van der Waals surface area contributed by atoms with Crippen molar-refractivity contribution >= 4 is 17.7 Å². The summed E-state index contributed by atoms with van der Waals surface area (Å²) in [6.45, 7) is 3.17. The number of allylic oxidation sites excluding steroid dienone is 1. The third kappa shape index (κ3) is 7.09. The molecule has 1 aromatic heterocycles. The SMILES string of the molecule is Cc1ccc(CCNC(=O)NCCc2cccc(C=C(C#N)c3ncccn3)c2)cc1. The summed E-state index contributed by atoms with van der Waals surface area (Å²) < 4.78 is 0. The first-order valence-electron chi connectivity index (χ1n) is 10.2. The summed E-state index contributed by atoms with van der Waals surface area (Å²) in [5.74, 6) is 0.402. The van der Waals surface area contributed by atoms with Crippen LogP contribution in [0.15, 0.2) is 67.0 Å². The van der Waals surface area contributed by atoms with Crippen LogP contribution in [0.2, 0.25) is 0 Å². The largest absolute Gasteiger partial charge is 0.338 e. The Morgan fingerprint density at radius 3 is 2.32 bits per heavy atom. The van der Waals surface area contributed by atoms with E-state index in [9.17, 15) is 10.1 Å². The Bertz CT molecular complexity index is 1070. The first kappa shape index (κ1) is 21.7. The van der Waals surface area contributed by atoms with Gasteiger partial charge in [-0.2, -0.15) is 5.26 Å². The molecule has 0 atom stereocenters. The number of aromatic nitrogens is 2. The molecule has 0 unspecified atom stereocenters. The zero-order valence-electron chi connectivity index (χ0n) is 17.5. The van der Waals surface area contributed by atoms with E-state index in [1.54, 1.807) is 24.5 Å². The van der Waals surface area contributed by atoms with Gasteiger partial charge in [-0.05, 0) is 48.6 Å². The molecule has 2 N–H and O–H groups in total. The molecule has 31 heavy (non-hydrogen) atoms. The first-order valence-corrected chi connectivity index (χ1v) is 10.2. The van der Waals surface area contributed by atoms with Crippen molar-refractivity contribution in [2.24, 2.45) is 0 Å². The Kier molecular flexibility index (Phi) is 7.90. The Morgan fingerprint density at radius 1 is 0.968 bits per heavy atom. The summed E-state index contributed by atoms with van der Waals surface area (Å²) in [5, 5.41) is 15.2. The summed E-state index contributed by atoms with van der Waals surface area (Å²) in [7, 11) is 0. The molecule has 6 heteroatoms. The number of aryl methyl sites for hydroxylation is 1. The van der Waals surface area contributed by atoms with Crippen LogP contribution in [0.25, 0.3) is 11.6 Å². The fourth-order valence-corrected chi connectivity index (χ4v) is 3.05. The predicted octanol–water partition coefficient (Wildman–Crippen LogP) is 3.93. The standard InChI is InChI=1S/C25H25N5O/c1-19-6-8-20(9-7-19)10-14-29-25(31)30-15-11-21-4-2-5-22(16-21)17-23(18-26)24-27-12-3-13-28-24/h2-9,12-13,16-17H,10-11,14-15H2,1H3,(H2,29,30,31). The number of amides is 2. The van der Waals surface area contributed by atoms with Crippen molar-refractivity contribution in [3.05, 3.63) is 95.1 Å². The molecule has 156 valence electrons. The highest BCUT2D eigenvalue weighted by Crippen LogP contribution is 2.15. The summed E-state index contributed by atoms with van der Waals surface area (Å²) in [6, 6.07) is 19.9. The number of urea groups is 1. The fourth-order valence-electron chi connectivity index (χ4n) is 3.05. The average Bonchev–Trinajstić information content (AvgIpc) is 2.80. The minimum absolute atomic E-state index is 0.170. The van der Waals surface area contributed by atoms with Gasteiger partial charge in [0.1, 0.15) is 6.07 Å². The molecule has 6 nitrogen and oxygen atoms in total. The number of nitriles is 1. The second-order valence-corrected chi connectivity index (χ2v) is 7.16. The average molecular weight is 412 g/mol. The number of hydrogen-bond donors (Lipinski definition) is 2. The number of carbonyl (C=O) groups excluding carboxylic acids is 1. The number of benzene rings is 2. The number of nitrogens with one attached hydrogen (secondary N) is 2. The van der Waals surface area contributed by atoms with Crippen molar-refractivity contribution in [3.8, 4) is 6.07 Å². The van der Waals surface area contributed by atoms with Gasteiger partial charge in [-0.15, -0.1) is 0 Å². The maximum Gasteiger partial charge on any atom is 0.314 e. The lowest BCUT2D eigenvalue weighted by Crippen LogP contribution is -2.37. The summed E-state index contributed by atoms with van der Waals surface area (Å²) in [6.07, 6.45) is 6.48. The van der Waals surface area contributed by atoms with E-state index in [0.717, 1.165) is 17.5 Å². The second-order valence-electron chi connectivity index (χ2n) is 7.16. The molecule has 0 fully saturated rings. The molecule has 2 aromatic carbocycles. The van der Waals surface area contributed by atoms with E-state index in [1.807, 2.05) is 24.3 Å². The Morgan fingerprint density at radius 2 is 1.65 bits per heavy atom. The van der Waals surface area contributed by atoms with E-state index in [-0.39, 0.29) is 6.03 Å². The van der Waals surface area contributed by atoms with E-state index in [0.29, 0.717) is 30.9 Å². The molecule has 3 rings (SSSR count). The molecule has 2 amide bonds. The molecule has 0 aliphatic rings. The third-order valence-corrected chi connectivity index (χ3v) is 4.71. The first-order chi connectivity index (χ1) is 15.1. The highest BCUT2D eigenvalue weighted by Gasteiger charge is 2.04. The van der Waals surface area contributed by atoms with Crippen molar-refractivity contribution in [2.75, 3.05) is 13.1 Å². The molecule has 0 bridgehead atoms. The fraction of sp³-hybridized carbons (Fsp3) is 0.200. The Labute approximate surface area is 182 Å². The van der Waals surface area contributed by atoms with Gasteiger partial charge in [0.05, 0.1) is 5.57 Å². The molecule has 0 aliphatic heterocycles. The quantitative estimate of drug-likeness (QED) is 0.550. The lowest BCUT2D eigenvalue weighted by molar-refractivity contribution is 0.241. The number of nitrogens with zero attached hydrogens (tertiary/aromatic N) is 3. The van der Waals surface area contributed by atoms with Crippen molar-refractivity contribution in [3.63, 3.8) is 0 Å². The number of rotatable bonds is 8. The third-order valence-electron chi connectivity index (χ3n) is 4.71. The van der Waals surface area contributed by atoms with Crippen LogP contribution in [0.3, 0.4) is 0 Å². The molecule has 0 saturated carbocycles. The van der Waals surface area contributed by atoms with E-state index in [4.69, 9.17) is 0 Å². The zero-order chi connectivity index (χ0) is 21.9. The molecule has 1 heterocycles. The molecular formula is C25H25N5O. The van der Waals surface area contributed by atoms with Gasteiger partial charge in [-0.25, -0.2) is 14.8 Å². The van der Waals surface area contributed by atoms with Crippen LogP contribution in [-0.4, -0.2) is 29.1 Å². The van der Waals surface area contributed by atoms with E-state index in [2.05, 4.69) is 57.9 Å². The summed E-state index contributed by atoms with van der Waals surface area (Å²) >= 11 is 0. The maximum absolute atomic E-state index is 12.0. The van der Waals surface area contributed by atoms with Crippen molar-refractivity contribution < 1.29 is 4.79 Å². The minimum Gasteiger partial charge on any atom is -0.338 e. The van der Waals surface area contributed by atoms with E-state index in [1.165, 1.54) is 11.1 Å². The summed E-state index contributed by atoms with van der Waals surface area (Å²) in [4.78, 5) is 20.3. The predicted molar refractivity (Wildman–Crippen MR) is 122 cm³/mol. The van der Waals surface area contributed by atoms with Gasteiger partial charge in [0.15, 0.2) is 5.82 Å². The van der Waals surface area contributed by atoms with Gasteiger partial charge < -0.3 is 10.6 Å². The van der Waals surface area contributed by atoms with Crippen molar-refractivity contribution in [2.45, 2.75) is 19.8 Å². The highest BCUT2D eigenvalue weighted by atomic mass is 16.2. The van der Waals surface area contributed by atoms with Crippen LogP contribution in [-0.2, 0) is 12.8 Å². The van der Waals surface area contributed by atoms with Crippen LogP contribution in [0.5, 0.6) is 0 Å². The molecule has 0 saturated heterocycles. The van der Waals surface area contributed by atoms with E-state index < -0.39 is 0 Å². The smallest absolute Gasteiger partial charge is 0.314 e. The lowest BCUT2D eigenvalue weighted by atomic mass is 10.1. The van der Waals surface area contributed by atoms with Crippen LogP contribution in [0.1, 0.15) is 28.1 Å². The topological polar surface area (TPSA) is 90.7 Å². The van der Waals surface area contributed by atoms with Crippen LogP contribution < -0.4 is 10.6 Å². The lowest BCUT2D eigenvalue weighted by Gasteiger charge is -2.08. The van der Waals surface area contributed by atoms with E-state index >= 15 is 0 Å². The van der Waals surface area contributed by atoms with Crippen LogP contribution in [0.4, 0.5) is 4.79 Å². The van der Waals surface area contributed by atoms with Gasteiger partial charge in [0.2, 0.25) is 0 Å². The molecule has 3 aromatic rings. The van der Waals surface area contributed by atoms with Gasteiger partial charge in [0.25, 0.3) is 0 Å². The normalized spacial score (nSPS) is 10.9. The van der Waals surface area contributed by atoms with Crippen molar-refractivity contribution in [1.29, 1.82) is 5.26 Å². The van der Waals surface area contributed by atoms with Gasteiger partial charge in [-0.3, -0.25) is 0 Å². The summed E-state index contributed by atoms with van der Waals surface area (Å²) in [5.41, 5.74) is 4.80. The number of carbonyl (C=O) groups is 1. The molecule has 0 aliphatic carbocycles. The highest BCUT2D eigenvalue weighted by molar-refractivity contribution is 5.87. The van der Waals surface area contributed by atoms with Crippen LogP contribution in [0, 0.1) is 18.3 Å². The zero-order valence-corrected chi connectivity index (χ0v) is 17.5. The Hall–Kier alpha value is -3.98. The molecular weight excluding hydrogens is 386 g/mol. The van der Waals surface area contributed by atoms with Crippen LogP contribution >= 0.6 is 0 Å². The Balaban J connectivity index is 1.46. The van der Waals surface area contributed by atoms with Gasteiger partial charge in [0, 0.05) is 25.5 Å². The minimum atomic E-state index is -0.170. The monoisotopic (exact) mass is 411 g/mol. The maximum atomic E-state index is 12.0. The van der Waals surface area contributed by atoms with Gasteiger partial charge in [-0.1, -0.05) is 54.1 Å². The van der Waals surface area contributed by atoms with Crippen molar-refractivity contribution in [1.82, 2.24) is 20.6 Å². The second kappa shape index (κ2) is 11.3. The molecule has 0 radical (unpaired) electrons. The number of hydrogen-bond acceptors (Lipinski definition) is 4. The molecule has 0 spiro atoms.